The number of hydrogen-bond acceptors (Lipinski definition) is 7. The molecule has 3 aromatic rings. The first kappa shape index (κ1) is 19.1. The van der Waals surface area contributed by atoms with E-state index in [0.717, 1.165) is 11.6 Å². The smallest absolute Gasteiger partial charge is 0.296 e. The number of aromatic nitrogens is 1. The molecule has 1 aromatic carbocycles. The van der Waals surface area contributed by atoms with Gasteiger partial charge in [0.25, 0.3) is 17.4 Å². The predicted octanol–water partition coefficient (Wildman–Crippen LogP) is 3.20. The van der Waals surface area contributed by atoms with Gasteiger partial charge in [-0.05, 0) is 29.8 Å². The van der Waals surface area contributed by atoms with Crippen molar-refractivity contribution in [3.05, 3.63) is 99.8 Å². The summed E-state index contributed by atoms with van der Waals surface area (Å²) in [6, 6.07) is 10.9. The first-order chi connectivity index (χ1) is 14.5. The predicted molar refractivity (Wildman–Crippen MR) is 104 cm³/mol. The number of amides is 1. The Kier molecular flexibility index (Phi) is 4.85. The van der Waals surface area contributed by atoms with Crippen LogP contribution < -0.4 is 0 Å². The molecule has 9 heteroatoms. The minimum absolute atomic E-state index is 0.0580. The molecule has 1 aliphatic rings. The lowest BCUT2D eigenvalue weighted by Crippen LogP contribution is -2.29. The fourth-order valence-corrected chi connectivity index (χ4v) is 3.39. The summed E-state index contributed by atoms with van der Waals surface area (Å²) < 4.78 is 5.45. The minimum Gasteiger partial charge on any atom is -0.507 e. The van der Waals surface area contributed by atoms with E-state index in [-0.39, 0.29) is 29.1 Å². The molecule has 0 radical (unpaired) electrons. The van der Waals surface area contributed by atoms with E-state index >= 15 is 0 Å². The van der Waals surface area contributed by atoms with Gasteiger partial charge >= 0.3 is 0 Å². The van der Waals surface area contributed by atoms with Gasteiger partial charge in [-0.15, -0.1) is 0 Å². The zero-order valence-corrected chi connectivity index (χ0v) is 15.5. The lowest BCUT2D eigenvalue weighted by atomic mass is 9.99. The molecule has 0 spiro atoms. The van der Waals surface area contributed by atoms with Crippen molar-refractivity contribution < 1.29 is 24.0 Å². The normalized spacial score (nSPS) is 18.0. The van der Waals surface area contributed by atoms with Crippen LogP contribution in [0.1, 0.15) is 22.9 Å². The fraction of sp³-hybridized carbons (Fsp3) is 0.0952. The van der Waals surface area contributed by atoms with E-state index in [1.165, 1.54) is 29.4 Å². The molecular formula is C21H15N3O6. The summed E-state index contributed by atoms with van der Waals surface area (Å²) >= 11 is 0. The Balaban J connectivity index is 1.84. The summed E-state index contributed by atoms with van der Waals surface area (Å²) in [6.07, 6.45) is 4.53. The van der Waals surface area contributed by atoms with Crippen LogP contribution in [0, 0.1) is 10.1 Å². The highest BCUT2D eigenvalue weighted by molar-refractivity contribution is 6.46. The van der Waals surface area contributed by atoms with Crippen LogP contribution in [0.15, 0.2) is 77.2 Å². The summed E-state index contributed by atoms with van der Waals surface area (Å²) in [5, 5.41) is 22.0. The number of carbonyl (C=O) groups is 2. The molecule has 1 fully saturated rings. The van der Waals surface area contributed by atoms with E-state index in [4.69, 9.17) is 4.42 Å². The summed E-state index contributed by atoms with van der Waals surface area (Å²) in [5.74, 6) is -1.92. The van der Waals surface area contributed by atoms with Crippen LogP contribution in [0.2, 0.25) is 0 Å². The number of hydrogen-bond donors (Lipinski definition) is 1. The van der Waals surface area contributed by atoms with Crippen molar-refractivity contribution in [1.29, 1.82) is 0 Å². The largest absolute Gasteiger partial charge is 0.507 e. The maximum atomic E-state index is 12.8. The Bertz CT molecular complexity index is 1150. The Labute approximate surface area is 170 Å². The molecule has 1 amide bonds. The number of ketones is 1. The SMILES string of the molecule is O=C1C(=O)N(Cc2ccncc2)C(c2ccco2)/C1=C(/O)c1cccc([N+](=O)[O-])c1. The summed E-state index contributed by atoms with van der Waals surface area (Å²) in [6.45, 7) is 0.0875. The van der Waals surface area contributed by atoms with E-state index in [9.17, 15) is 24.8 Å². The zero-order valence-electron chi connectivity index (χ0n) is 15.5. The van der Waals surface area contributed by atoms with Crippen molar-refractivity contribution >= 4 is 23.1 Å². The van der Waals surface area contributed by atoms with E-state index < -0.39 is 28.4 Å². The molecule has 150 valence electrons. The molecule has 2 aromatic heterocycles. The summed E-state index contributed by atoms with van der Waals surface area (Å²) in [5.41, 5.74) is 0.352. The second-order valence-electron chi connectivity index (χ2n) is 6.61. The summed E-state index contributed by atoms with van der Waals surface area (Å²) in [7, 11) is 0. The van der Waals surface area contributed by atoms with Gasteiger partial charge in [0.2, 0.25) is 0 Å². The molecule has 0 saturated carbocycles. The topological polar surface area (TPSA) is 127 Å². The molecule has 30 heavy (non-hydrogen) atoms. The molecule has 4 rings (SSSR count). The summed E-state index contributed by atoms with van der Waals surface area (Å²) in [4.78, 5) is 41.3. The van der Waals surface area contributed by atoms with Crippen molar-refractivity contribution in [3.8, 4) is 0 Å². The Morgan fingerprint density at radius 3 is 2.60 bits per heavy atom. The van der Waals surface area contributed by atoms with Gasteiger partial charge in [-0.25, -0.2) is 0 Å². The second kappa shape index (κ2) is 7.63. The van der Waals surface area contributed by atoms with Crippen molar-refractivity contribution in [1.82, 2.24) is 9.88 Å². The van der Waals surface area contributed by atoms with Gasteiger partial charge in [0.05, 0.1) is 16.8 Å². The maximum Gasteiger partial charge on any atom is 0.296 e. The van der Waals surface area contributed by atoms with Crippen molar-refractivity contribution in [3.63, 3.8) is 0 Å². The number of pyridine rings is 1. The molecule has 1 saturated heterocycles. The van der Waals surface area contributed by atoms with Crippen LogP contribution >= 0.6 is 0 Å². The van der Waals surface area contributed by atoms with Gasteiger partial charge in [0.1, 0.15) is 17.6 Å². The van der Waals surface area contributed by atoms with Crippen LogP contribution in [0.3, 0.4) is 0 Å². The number of likely N-dealkylation sites (tertiary alicyclic amines) is 1. The molecule has 0 aliphatic carbocycles. The van der Waals surface area contributed by atoms with Crippen LogP contribution in [0.5, 0.6) is 0 Å². The maximum absolute atomic E-state index is 12.8. The third-order valence-electron chi connectivity index (χ3n) is 4.79. The standard InChI is InChI=1S/C21H15N3O6/c25-19(14-3-1-4-15(11-14)24(28)29)17-18(16-5-2-10-30-16)23(21(27)20(17)26)12-13-6-8-22-9-7-13/h1-11,18,25H,12H2/b19-17-. The Morgan fingerprint density at radius 2 is 1.93 bits per heavy atom. The van der Waals surface area contributed by atoms with E-state index in [1.54, 1.807) is 36.7 Å². The van der Waals surface area contributed by atoms with Gasteiger partial charge in [0, 0.05) is 36.6 Å². The Morgan fingerprint density at radius 1 is 1.17 bits per heavy atom. The Hall–Kier alpha value is -4.27. The van der Waals surface area contributed by atoms with Crippen molar-refractivity contribution in [2.45, 2.75) is 12.6 Å². The number of aliphatic hydroxyl groups excluding tert-OH is 1. The van der Waals surface area contributed by atoms with Gasteiger partial charge in [-0.2, -0.15) is 0 Å². The van der Waals surface area contributed by atoms with E-state index in [0.29, 0.717) is 0 Å². The lowest BCUT2D eigenvalue weighted by molar-refractivity contribution is -0.384. The highest BCUT2D eigenvalue weighted by atomic mass is 16.6. The number of non-ortho nitro benzene ring substituents is 1. The molecule has 0 bridgehead atoms. The zero-order chi connectivity index (χ0) is 21.3. The van der Waals surface area contributed by atoms with Gasteiger partial charge < -0.3 is 14.4 Å². The van der Waals surface area contributed by atoms with E-state index in [2.05, 4.69) is 4.98 Å². The molecule has 1 aliphatic heterocycles. The molecule has 9 nitrogen and oxygen atoms in total. The number of carbonyl (C=O) groups excluding carboxylic acids is 2. The lowest BCUT2D eigenvalue weighted by Gasteiger charge is -2.23. The molecular weight excluding hydrogens is 390 g/mol. The molecule has 3 heterocycles. The second-order valence-corrected chi connectivity index (χ2v) is 6.61. The number of Topliss-reactive ketones (excluding diaryl/α,β-unsaturated/α-hetero) is 1. The van der Waals surface area contributed by atoms with Crippen molar-refractivity contribution in [2.75, 3.05) is 0 Å². The fourth-order valence-electron chi connectivity index (χ4n) is 3.39. The number of nitro groups is 1. The first-order valence-corrected chi connectivity index (χ1v) is 8.93. The van der Waals surface area contributed by atoms with Gasteiger partial charge in [0.15, 0.2) is 0 Å². The minimum atomic E-state index is -0.979. The van der Waals surface area contributed by atoms with Crippen LogP contribution in [0.4, 0.5) is 5.69 Å². The third kappa shape index (κ3) is 3.32. The quantitative estimate of drug-likeness (QED) is 0.227. The highest BCUT2D eigenvalue weighted by Gasteiger charge is 2.47. The number of nitro benzene ring substituents is 1. The molecule has 1 unspecified atom stereocenters. The average Bonchev–Trinajstić information content (AvgIpc) is 3.37. The van der Waals surface area contributed by atoms with Crippen molar-refractivity contribution in [2.24, 2.45) is 0 Å². The molecule has 1 N–H and O–H groups in total. The van der Waals surface area contributed by atoms with Crippen LogP contribution in [-0.2, 0) is 16.1 Å². The average molecular weight is 405 g/mol. The van der Waals surface area contributed by atoms with Gasteiger partial charge in [-0.3, -0.25) is 24.7 Å². The number of aliphatic hydroxyl groups is 1. The first-order valence-electron chi connectivity index (χ1n) is 8.93. The highest BCUT2D eigenvalue weighted by Crippen LogP contribution is 2.40. The number of rotatable bonds is 5. The number of nitrogens with zero attached hydrogens (tertiary/aromatic N) is 3. The molecule has 1 atom stereocenters. The van der Waals surface area contributed by atoms with E-state index in [1.807, 2.05) is 0 Å². The van der Waals surface area contributed by atoms with Gasteiger partial charge in [-0.1, -0.05) is 12.1 Å². The van der Waals surface area contributed by atoms with Crippen LogP contribution in [-0.4, -0.2) is 31.6 Å². The number of furan rings is 1. The third-order valence-corrected chi connectivity index (χ3v) is 4.79. The monoisotopic (exact) mass is 405 g/mol. The number of benzene rings is 1. The van der Waals surface area contributed by atoms with Crippen LogP contribution in [0.25, 0.3) is 5.76 Å².